The third-order valence-corrected chi connectivity index (χ3v) is 2.01. The lowest BCUT2D eigenvalue weighted by Gasteiger charge is -2.12. The molecule has 0 aliphatic carbocycles. The zero-order valence-electron chi connectivity index (χ0n) is 10.3. The predicted octanol–water partition coefficient (Wildman–Crippen LogP) is -0.239. The van der Waals surface area contributed by atoms with E-state index in [1.54, 1.807) is 6.92 Å². The molecule has 0 amide bonds. The Kier molecular flexibility index (Phi) is 11.1. The average Bonchev–Trinajstić information content (AvgIpc) is 2.24. The van der Waals surface area contributed by atoms with E-state index in [0.717, 1.165) is 0 Å². The second-order valence-corrected chi connectivity index (χ2v) is 3.77. The van der Waals surface area contributed by atoms with Crippen LogP contribution in [0.2, 0.25) is 0 Å². The third kappa shape index (κ3) is 11.9. The maximum Gasteiger partial charge on any atom is 0.0897 e. The summed E-state index contributed by atoms with van der Waals surface area (Å²) >= 11 is 0. The fourth-order valence-electron chi connectivity index (χ4n) is 1.12. The lowest BCUT2D eigenvalue weighted by Crippen LogP contribution is -2.32. The molecular weight excluding hydrogens is 210 g/mol. The molecule has 0 saturated carbocycles. The van der Waals surface area contributed by atoms with Gasteiger partial charge in [0, 0.05) is 13.2 Å². The predicted molar refractivity (Wildman–Crippen MR) is 62.5 cm³/mol. The summed E-state index contributed by atoms with van der Waals surface area (Å²) in [5, 5.41) is 21.5. The molecule has 0 aromatic rings. The van der Waals surface area contributed by atoms with E-state index < -0.39 is 6.10 Å². The summed E-state index contributed by atoms with van der Waals surface area (Å²) in [6.45, 7) is 6.95. The molecule has 0 aromatic carbocycles. The maximum absolute atomic E-state index is 9.48. The fourth-order valence-corrected chi connectivity index (χ4v) is 1.12. The number of hydrogen-bond acceptors (Lipinski definition) is 5. The van der Waals surface area contributed by atoms with Crippen molar-refractivity contribution >= 4 is 0 Å². The molecular formula is C11H25NO4. The Hall–Kier alpha value is -0.200. The van der Waals surface area contributed by atoms with Gasteiger partial charge in [-0.25, -0.2) is 0 Å². The topological polar surface area (TPSA) is 71.0 Å². The van der Waals surface area contributed by atoms with Gasteiger partial charge in [0.25, 0.3) is 0 Å². The van der Waals surface area contributed by atoms with Crippen LogP contribution >= 0.6 is 0 Å². The van der Waals surface area contributed by atoms with Crippen LogP contribution in [0.1, 0.15) is 20.3 Å². The van der Waals surface area contributed by atoms with Gasteiger partial charge in [-0.15, -0.1) is 0 Å². The molecule has 0 rings (SSSR count). The summed E-state index contributed by atoms with van der Waals surface area (Å²) in [7, 11) is 0. The van der Waals surface area contributed by atoms with Crippen molar-refractivity contribution < 1.29 is 19.7 Å². The first-order valence-electron chi connectivity index (χ1n) is 5.89. The first kappa shape index (κ1) is 15.8. The molecule has 5 nitrogen and oxygen atoms in total. The number of aliphatic hydroxyl groups is 2. The number of ether oxygens (including phenoxy) is 2. The van der Waals surface area contributed by atoms with Gasteiger partial charge in [-0.3, -0.25) is 0 Å². The van der Waals surface area contributed by atoms with Crippen molar-refractivity contribution in [1.29, 1.82) is 0 Å². The van der Waals surface area contributed by atoms with Gasteiger partial charge in [0.15, 0.2) is 0 Å². The first-order chi connectivity index (χ1) is 7.66. The molecule has 0 spiro atoms. The van der Waals surface area contributed by atoms with Crippen LogP contribution in [-0.2, 0) is 9.47 Å². The van der Waals surface area contributed by atoms with Gasteiger partial charge in [0.2, 0.25) is 0 Å². The quantitative estimate of drug-likeness (QED) is 0.431. The number of hydrogen-bond donors (Lipinski definition) is 3. The highest BCUT2D eigenvalue weighted by atomic mass is 16.5. The van der Waals surface area contributed by atoms with Crippen molar-refractivity contribution in [1.82, 2.24) is 5.32 Å². The Bertz CT molecular complexity index is 144. The highest BCUT2D eigenvalue weighted by Crippen LogP contribution is 1.88. The third-order valence-electron chi connectivity index (χ3n) is 2.01. The van der Waals surface area contributed by atoms with Crippen molar-refractivity contribution in [2.45, 2.75) is 32.5 Å². The lowest BCUT2D eigenvalue weighted by molar-refractivity contribution is 0.00635. The maximum atomic E-state index is 9.48. The van der Waals surface area contributed by atoms with Crippen LogP contribution in [-0.4, -0.2) is 61.9 Å². The smallest absolute Gasteiger partial charge is 0.0897 e. The Morgan fingerprint density at radius 2 is 1.88 bits per heavy atom. The number of aliphatic hydroxyl groups excluding tert-OH is 2. The number of rotatable bonds is 11. The first-order valence-corrected chi connectivity index (χ1v) is 5.89. The van der Waals surface area contributed by atoms with Crippen molar-refractivity contribution in [2.75, 3.05) is 39.5 Å². The second-order valence-electron chi connectivity index (χ2n) is 3.77. The van der Waals surface area contributed by atoms with Gasteiger partial charge in [0.05, 0.1) is 32.0 Å². The molecule has 0 fully saturated rings. The molecule has 2 atom stereocenters. The molecule has 0 aromatic heterocycles. The Morgan fingerprint density at radius 3 is 2.50 bits per heavy atom. The van der Waals surface area contributed by atoms with Crippen LogP contribution in [0, 0.1) is 0 Å². The fraction of sp³-hybridized carbons (Fsp3) is 1.00. The minimum Gasteiger partial charge on any atom is -0.393 e. The Labute approximate surface area is 97.8 Å². The summed E-state index contributed by atoms with van der Waals surface area (Å²) in [4.78, 5) is 0. The molecule has 0 radical (unpaired) electrons. The van der Waals surface area contributed by atoms with E-state index in [4.69, 9.17) is 14.6 Å². The lowest BCUT2D eigenvalue weighted by atomic mass is 10.3. The second kappa shape index (κ2) is 11.3. The van der Waals surface area contributed by atoms with Gasteiger partial charge in [-0.1, -0.05) is 0 Å². The molecule has 0 aliphatic rings. The van der Waals surface area contributed by atoms with Crippen molar-refractivity contribution in [3.8, 4) is 0 Å². The average molecular weight is 235 g/mol. The van der Waals surface area contributed by atoms with E-state index in [0.29, 0.717) is 45.9 Å². The number of nitrogens with one attached hydrogen (secondary N) is 1. The van der Waals surface area contributed by atoms with Gasteiger partial charge in [-0.05, 0) is 26.8 Å². The summed E-state index contributed by atoms with van der Waals surface area (Å²) < 4.78 is 10.3. The summed E-state index contributed by atoms with van der Waals surface area (Å²) in [5.74, 6) is 0. The largest absolute Gasteiger partial charge is 0.393 e. The van der Waals surface area contributed by atoms with Crippen molar-refractivity contribution in [2.24, 2.45) is 0 Å². The minimum absolute atomic E-state index is 0.299. The van der Waals surface area contributed by atoms with E-state index in [1.165, 1.54) is 0 Å². The van der Waals surface area contributed by atoms with Crippen LogP contribution in [0.15, 0.2) is 0 Å². The van der Waals surface area contributed by atoms with E-state index in [-0.39, 0.29) is 6.10 Å². The van der Waals surface area contributed by atoms with Crippen LogP contribution in [0.4, 0.5) is 0 Å². The minimum atomic E-state index is -0.504. The SMILES string of the molecule is CCOCCOCC(O)CNCCC(C)O. The van der Waals surface area contributed by atoms with Crippen LogP contribution in [0.25, 0.3) is 0 Å². The van der Waals surface area contributed by atoms with E-state index >= 15 is 0 Å². The van der Waals surface area contributed by atoms with Gasteiger partial charge < -0.3 is 25.0 Å². The molecule has 16 heavy (non-hydrogen) atoms. The highest BCUT2D eigenvalue weighted by Gasteiger charge is 2.03. The zero-order chi connectivity index (χ0) is 12.2. The Morgan fingerprint density at radius 1 is 1.19 bits per heavy atom. The molecule has 5 heteroatoms. The summed E-state index contributed by atoms with van der Waals surface area (Å²) in [5.41, 5.74) is 0. The highest BCUT2D eigenvalue weighted by molar-refractivity contribution is 4.59. The molecule has 2 unspecified atom stereocenters. The van der Waals surface area contributed by atoms with Crippen molar-refractivity contribution in [3.05, 3.63) is 0 Å². The van der Waals surface area contributed by atoms with Gasteiger partial charge in [-0.2, -0.15) is 0 Å². The molecule has 0 heterocycles. The van der Waals surface area contributed by atoms with Crippen LogP contribution < -0.4 is 5.32 Å². The van der Waals surface area contributed by atoms with E-state index in [2.05, 4.69) is 5.32 Å². The molecule has 0 saturated heterocycles. The normalized spacial score (nSPS) is 15.0. The Balaban J connectivity index is 3.15. The molecule has 0 aliphatic heterocycles. The molecule has 98 valence electrons. The standard InChI is InChI=1S/C11H25NO4/c1-3-15-6-7-16-9-11(14)8-12-5-4-10(2)13/h10-14H,3-9H2,1-2H3. The van der Waals surface area contributed by atoms with Gasteiger partial charge in [0.1, 0.15) is 0 Å². The monoisotopic (exact) mass is 235 g/mol. The van der Waals surface area contributed by atoms with E-state index in [1.807, 2.05) is 6.92 Å². The zero-order valence-corrected chi connectivity index (χ0v) is 10.3. The molecule has 0 bridgehead atoms. The van der Waals surface area contributed by atoms with E-state index in [9.17, 15) is 5.11 Å². The van der Waals surface area contributed by atoms with Crippen LogP contribution in [0.5, 0.6) is 0 Å². The summed E-state index contributed by atoms with van der Waals surface area (Å²) in [6.07, 6.45) is -0.111. The van der Waals surface area contributed by atoms with Crippen LogP contribution in [0.3, 0.4) is 0 Å². The summed E-state index contributed by atoms with van der Waals surface area (Å²) in [6, 6.07) is 0. The molecule has 3 N–H and O–H groups in total. The van der Waals surface area contributed by atoms with Gasteiger partial charge >= 0.3 is 0 Å². The van der Waals surface area contributed by atoms with Crippen molar-refractivity contribution in [3.63, 3.8) is 0 Å².